The molecule has 2 amide bonds. The highest BCUT2D eigenvalue weighted by Crippen LogP contribution is 2.22. The number of anilines is 1. The quantitative estimate of drug-likeness (QED) is 0.876. The molecule has 0 saturated carbocycles. The summed E-state index contributed by atoms with van der Waals surface area (Å²) >= 11 is 1.56. The highest BCUT2D eigenvalue weighted by Gasteiger charge is 2.29. The number of amides is 2. The van der Waals surface area contributed by atoms with Gasteiger partial charge in [0.05, 0.1) is 0 Å². The van der Waals surface area contributed by atoms with E-state index in [0.29, 0.717) is 11.2 Å². The number of thiazole rings is 1. The molecule has 0 spiro atoms. The summed E-state index contributed by atoms with van der Waals surface area (Å²) in [5, 5.41) is 3.57. The Morgan fingerprint density at radius 3 is 2.85 bits per heavy atom. The molecule has 3 rings (SSSR count). The summed E-state index contributed by atoms with van der Waals surface area (Å²) < 4.78 is 0. The predicted octanol–water partition coefficient (Wildman–Crippen LogP) is 1.10. The zero-order valence-corrected chi connectivity index (χ0v) is 12.4. The fraction of sp³-hybridized carbons (Fsp3) is 0.692. The fourth-order valence-corrected chi connectivity index (χ4v) is 3.73. The Morgan fingerprint density at radius 1 is 1.40 bits per heavy atom. The molecule has 2 saturated heterocycles. The molecule has 0 atom stereocenters. The van der Waals surface area contributed by atoms with Gasteiger partial charge in [-0.2, -0.15) is 0 Å². The maximum absolute atomic E-state index is 11.8. The molecule has 110 valence electrons. The van der Waals surface area contributed by atoms with Crippen LogP contribution >= 0.6 is 11.3 Å². The molecule has 7 heteroatoms. The van der Waals surface area contributed by atoms with Crippen LogP contribution in [0.3, 0.4) is 0 Å². The lowest BCUT2D eigenvalue weighted by molar-refractivity contribution is 0.109. The van der Waals surface area contributed by atoms with Gasteiger partial charge in [-0.1, -0.05) is 0 Å². The highest BCUT2D eigenvalue weighted by molar-refractivity contribution is 7.15. The zero-order valence-electron chi connectivity index (χ0n) is 11.5. The van der Waals surface area contributed by atoms with Crippen LogP contribution in [0.15, 0.2) is 6.20 Å². The first-order valence-corrected chi connectivity index (χ1v) is 8.01. The van der Waals surface area contributed by atoms with Gasteiger partial charge < -0.3 is 16.0 Å². The average Bonchev–Trinajstić information content (AvgIpc) is 2.86. The van der Waals surface area contributed by atoms with E-state index in [1.807, 2.05) is 11.1 Å². The lowest BCUT2D eigenvalue weighted by Crippen LogP contribution is -2.54. The second kappa shape index (κ2) is 5.97. The number of nitrogens with zero attached hydrogens (tertiary/aromatic N) is 3. The molecule has 20 heavy (non-hydrogen) atoms. The Labute approximate surface area is 123 Å². The van der Waals surface area contributed by atoms with Gasteiger partial charge in [-0.15, -0.1) is 11.3 Å². The van der Waals surface area contributed by atoms with E-state index in [-0.39, 0.29) is 6.03 Å². The Bertz CT molecular complexity index is 469. The van der Waals surface area contributed by atoms with Crippen LogP contribution in [0.1, 0.15) is 24.1 Å². The highest BCUT2D eigenvalue weighted by atomic mass is 32.1. The molecule has 2 aliphatic rings. The van der Waals surface area contributed by atoms with Crippen LogP contribution in [0.2, 0.25) is 0 Å². The molecule has 3 heterocycles. The molecule has 2 fully saturated rings. The topological polar surface area (TPSA) is 74.5 Å². The predicted molar refractivity (Wildman–Crippen MR) is 79.5 cm³/mol. The van der Waals surface area contributed by atoms with Gasteiger partial charge in [0, 0.05) is 49.8 Å². The third-order valence-electron chi connectivity index (χ3n) is 4.06. The minimum Gasteiger partial charge on any atom is -0.375 e. The first-order valence-electron chi connectivity index (χ1n) is 7.19. The van der Waals surface area contributed by atoms with Crippen molar-refractivity contribution in [1.82, 2.24) is 20.1 Å². The normalized spacial score (nSPS) is 22.0. The van der Waals surface area contributed by atoms with E-state index >= 15 is 0 Å². The van der Waals surface area contributed by atoms with Gasteiger partial charge in [-0.05, 0) is 19.3 Å². The minimum absolute atomic E-state index is 0.116. The third kappa shape index (κ3) is 3.04. The molecule has 6 nitrogen and oxygen atoms in total. The van der Waals surface area contributed by atoms with Gasteiger partial charge in [0.25, 0.3) is 0 Å². The van der Waals surface area contributed by atoms with Crippen molar-refractivity contribution in [2.45, 2.75) is 31.8 Å². The van der Waals surface area contributed by atoms with Crippen molar-refractivity contribution in [2.24, 2.45) is 0 Å². The molecule has 2 aliphatic heterocycles. The van der Waals surface area contributed by atoms with Crippen LogP contribution in [0.25, 0.3) is 0 Å². The number of nitrogens with one attached hydrogen (secondary N) is 1. The number of carbonyl (C=O) groups excluding carboxylic acids is 1. The maximum Gasteiger partial charge on any atom is 0.317 e. The molecule has 3 N–H and O–H groups in total. The summed E-state index contributed by atoms with van der Waals surface area (Å²) in [6, 6.07) is 0.517. The van der Waals surface area contributed by atoms with Crippen LogP contribution < -0.4 is 11.1 Å². The van der Waals surface area contributed by atoms with Crippen LogP contribution in [-0.4, -0.2) is 53.0 Å². The summed E-state index contributed by atoms with van der Waals surface area (Å²) in [5.41, 5.74) is 5.66. The van der Waals surface area contributed by atoms with Crippen LogP contribution in [0.4, 0.5) is 9.93 Å². The Balaban J connectivity index is 1.50. The van der Waals surface area contributed by atoms with Crippen molar-refractivity contribution in [3.63, 3.8) is 0 Å². The SMILES string of the molecule is Nc1ncc(CN2CCC(N3CCCNC3=O)CC2)s1. The van der Waals surface area contributed by atoms with Crippen molar-refractivity contribution in [3.05, 3.63) is 11.1 Å². The number of nitrogen functional groups attached to an aromatic ring is 1. The van der Waals surface area contributed by atoms with Crippen molar-refractivity contribution >= 4 is 22.5 Å². The van der Waals surface area contributed by atoms with Gasteiger partial charge in [0.1, 0.15) is 0 Å². The largest absolute Gasteiger partial charge is 0.375 e. The summed E-state index contributed by atoms with van der Waals surface area (Å²) in [6.07, 6.45) is 5.04. The van der Waals surface area contributed by atoms with Crippen molar-refractivity contribution in [2.75, 3.05) is 31.9 Å². The molecule has 0 unspecified atom stereocenters. The fourth-order valence-electron chi connectivity index (χ4n) is 3.00. The summed E-state index contributed by atoms with van der Waals surface area (Å²) in [5.74, 6) is 0. The van der Waals surface area contributed by atoms with E-state index in [0.717, 1.165) is 52.0 Å². The van der Waals surface area contributed by atoms with Crippen molar-refractivity contribution in [3.8, 4) is 0 Å². The molecular weight excluding hydrogens is 274 g/mol. The second-order valence-electron chi connectivity index (χ2n) is 5.45. The van der Waals surface area contributed by atoms with Gasteiger partial charge in [-0.3, -0.25) is 4.90 Å². The standard InChI is InChI=1S/C13H21N5OS/c14-12-16-8-11(20-12)9-17-6-2-10(3-7-17)18-5-1-4-15-13(18)19/h8,10H,1-7,9H2,(H2,14,16)(H,15,19). The Hall–Kier alpha value is -1.34. The van der Waals surface area contributed by atoms with E-state index in [4.69, 9.17) is 5.73 Å². The molecule has 1 aromatic rings. The smallest absolute Gasteiger partial charge is 0.317 e. The Morgan fingerprint density at radius 2 is 2.20 bits per heavy atom. The number of rotatable bonds is 3. The summed E-state index contributed by atoms with van der Waals surface area (Å²) in [6.45, 7) is 4.72. The van der Waals surface area contributed by atoms with Gasteiger partial charge >= 0.3 is 6.03 Å². The van der Waals surface area contributed by atoms with Crippen LogP contribution in [-0.2, 0) is 6.54 Å². The molecular formula is C13H21N5OS. The van der Waals surface area contributed by atoms with Crippen LogP contribution in [0.5, 0.6) is 0 Å². The van der Waals surface area contributed by atoms with Crippen LogP contribution in [0, 0.1) is 0 Å². The molecule has 0 bridgehead atoms. The molecule has 0 aromatic carbocycles. The monoisotopic (exact) mass is 295 g/mol. The molecule has 1 aromatic heterocycles. The lowest BCUT2D eigenvalue weighted by Gasteiger charge is -2.40. The number of nitrogens with two attached hydrogens (primary N) is 1. The number of hydrogen-bond acceptors (Lipinski definition) is 5. The first kappa shape index (κ1) is 13.6. The van der Waals surface area contributed by atoms with E-state index in [1.54, 1.807) is 11.3 Å². The number of likely N-dealkylation sites (tertiary alicyclic amines) is 1. The average molecular weight is 295 g/mol. The second-order valence-corrected chi connectivity index (χ2v) is 6.60. The van der Waals surface area contributed by atoms with E-state index < -0.39 is 0 Å². The number of aromatic nitrogens is 1. The maximum atomic E-state index is 11.8. The number of carbonyl (C=O) groups is 1. The minimum atomic E-state index is 0.116. The number of urea groups is 1. The molecule has 0 aliphatic carbocycles. The number of hydrogen-bond donors (Lipinski definition) is 2. The van der Waals surface area contributed by atoms with E-state index in [1.165, 1.54) is 4.88 Å². The van der Waals surface area contributed by atoms with Gasteiger partial charge in [0.2, 0.25) is 0 Å². The summed E-state index contributed by atoms with van der Waals surface area (Å²) in [7, 11) is 0. The van der Waals surface area contributed by atoms with E-state index in [2.05, 4.69) is 15.2 Å². The number of piperidine rings is 1. The third-order valence-corrected chi connectivity index (χ3v) is 4.87. The van der Waals surface area contributed by atoms with E-state index in [9.17, 15) is 4.79 Å². The first-order chi connectivity index (χ1) is 9.72. The lowest BCUT2D eigenvalue weighted by atomic mass is 10.0. The van der Waals surface area contributed by atoms with Crippen molar-refractivity contribution < 1.29 is 4.79 Å². The van der Waals surface area contributed by atoms with Gasteiger partial charge in [-0.25, -0.2) is 9.78 Å². The Kier molecular flexibility index (Phi) is 4.07. The summed E-state index contributed by atoms with van der Waals surface area (Å²) in [4.78, 5) is 21.6. The van der Waals surface area contributed by atoms with Crippen molar-refractivity contribution in [1.29, 1.82) is 0 Å². The van der Waals surface area contributed by atoms with Gasteiger partial charge in [0.15, 0.2) is 5.13 Å². The molecule has 0 radical (unpaired) electrons. The zero-order chi connectivity index (χ0) is 13.9.